The van der Waals surface area contributed by atoms with Crippen molar-refractivity contribution in [2.24, 2.45) is 0 Å². The maximum absolute atomic E-state index is 12.6. The number of hydrogen-bond acceptors (Lipinski definition) is 2. The molecule has 0 spiro atoms. The summed E-state index contributed by atoms with van der Waals surface area (Å²) in [6.07, 6.45) is 0. The van der Waals surface area contributed by atoms with Gasteiger partial charge in [-0.25, -0.2) is 0 Å². The van der Waals surface area contributed by atoms with Gasteiger partial charge in [0.15, 0.2) is 0 Å². The first-order chi connectivity index (χ1) is 11.5. The lowest BCUT2D eigenvalue weighted by Gasteiger charge is -2.17. The minimum atomic E-state index is -0.297. The zero-order valence-electron chi connectivity index (χ0n) is 14.2. The number of nitrogens with one attached hydrogen (secondary N) is 2. The van der Waals surface area contributed by atoms with Crippen LogP contribution in [0.1, 0.15) is 42.7 Å². The van der Waals surface area contributed by atoms with Gasteiger partial charge in [-0.3, -0.25) is 9.59 Å². The molecule has 4 heteroatoms. The van der Waals surface area contributed by atoms with Gasteiger partial charge < -0.3 is 10.6 Å². The quantitative estimate of drug-likeness (QED) is 0.827. The second-order valence-electron chi connectivity index (χ2n) is 5.80. The first-order valence-electron chi connectivity index (χ1n) is 7.88. The van der Waals surface area contributed by atoms with Crippen molar-refractivity contribution >= 4 is 11.8 Å². The molecule has 0 radical (unpaired) electrons. The molecule has 2 aromatic carbocycles. The van der Waals surface area contributed by atoms with E-state index in [9.17, 15) is 9.59 Å². The van der Waals surface area contributed by atoms with E-state index in [1.54, 1.807) is 38.1 Å². The van der Waals surface area contributed by atoms with Crippen molar-refractivity contribution in [2.75, 3.05) is 0 Å². The van der Waals surface area contributed by atoms with Crippen molar-refractivity contribution in [1.29, 1.82) is 0 Å². The fraction of sp³-hybridized carbons (Fsp3) is 0.200. The highest BCUT2D eigenvalue weighted by molar-refractivity contribution is 6.03. The Morgan fingerprint density at radius 2 is 1.42 bits per heavy atom. The third kappa shape index (κ3) is 4.56. The van der Waals surface area contributed by atoms with Crippen molar-refractivity contribution < 1.29 is 9.59 Å². The second kappa shape index (κ2) is 8.11. The molecule has 0 bridgehead atoms. The highest BCUT2D eigenvalue weighted by atomic mass is 16.2. The lowest BCUT2D eigenvalue weighted by molar-refractivity contribution is -0.118. The predicted molar refractivity (Wildman–Crippen MR) is 95.3 cm³/mol. The smallest absolute Gasteiger partial charge is 0.268 e. The molecule has 2 amide bonds. The van der Waals surface area contributed by atoms with Crippen LogP contribution in [0.2, 0.25) is 0 Å². The third-order valence-corrected chi connectivity index (χ3v) is 3.65. The van der Waals surface area contributed by atoms with Gasteiger partial charge in [-0.05, 0) is 44.0 Å². The second-order valence-corrected chi connectivity index (χ2v) is 5.80. The molecule has 0 unspecified atom stereocenters. The topological polar surface area (TPSA) is 58.2 Å². The van der Waals surface area contributed by atoms with Gasteiger partial charge in [0, 0.05) is 5.56 Å². The summed E-state index contributed by atoms with van der Waals surface area (Å²) in [5.74, 6) is -0.593. The molecular weight excluding hydrogens is 300 g/mol. The molecule has 2 rings (SSSR count). The van der Waals surface area contributed by atoms with E-state index in [0.29, 0.717) is 5.56 Å². The largest absolute Gasteiger partial charge is 0.344 e. The van der Waals surface area contributed by atoms with E-state index in [2.05, 4.69) is 10.6 Å². The standard InChI is InChI=1S/C20H22N2O2/c1-14(2)18(22-19(23)17-12-8-5-9-13-17)20(24)21-15(3)16-10-6-4-7-11-16/h4-13,15H,1-3H3,(H,21,24)(H,22,23)/t15-/m1/s1. The van der Waals surface area contributed by atoms with E-state index in [1.807, 2.05) is 43.3 Å². The van der Waals surface area contributed by atoms with Crippen molar-refractivity contribution in [2.45, 2.75) is 26.8 Å². The maximum Gasteiger partial charge on any atom is 0.268 e. The molecule has 0 saturated carbocycles. The molecule has 124 valence electrons. The Morgan fingerprint density at radius 3 is 1.96 bits per heavy atom. The summed E-state index contributed by atoms with van der Waals surface area (Å²) in [5.41, 5.74) is 2.55. The summed E-state index contributed by atoms with van der Waals surface area (Å²) >= 11 is 0. The summed E-state index contributed by atoms with van der Waals surface area (Å²) in [6.45, 7) is 5.51. The van der Waals surface area contributed by atoms with Crippen molar-refractivity contribution in [3.8, 4) is 0 Å². The van der Waals surface area contributed by atoms with Crippen LogP contribution in [0, 0.1) is 0 Å². The zero-order valence-corrected chi connectivity index (χ0v) is 14.2. The van der Waals surface area contributed by atoms with Crippen LogP contribution in [0.25, 0.3) is 0 Å². The van der Waals surface area contributed by atoms with Crippen LogP contribution in [0.4, 0.5) is 0 Å². The summed E-state index contributed by atoms with van der Waals surface area (Å²) < 4.78 is 0. The van der Waals surface area contributed by atoms with Gasteiger partial charge in [-0.1, -0.05) is 48.5 Å². The van der Waals surface area contributed by atoms with Crippen LogP contribution >= 0.6 is 0 Å². The minimum absolute atomic E-state index is 0.151. The maximum atomic E-state index is 12.6. The Morgan fingerprint density at radius 1 is 0.875 bits per heavy atom. The number of rotatable bonds is 5. The molecule has 0 aromatic heterocycles. The lowest BCUT2D eigenvalue weighted by Crippen LogP contribution is -2.36. The van der Waals surface area contributed by atoms with E-state index < -0.39 is 0 Å². The molecular formula is C20H22N2O2. The molecule has 0 fully saturated rings. The SMILES string of the molecule is CC(C)=C(NC(=O)c1ccccc1)C(=O)N[C@H](C)c1ccccc1. The number of allylic oxidation sites excluding steroid dienone is 1. The van der Waals surface area contributed by atoms with Gasteiger partial charge in [0.1, 0.15) is 5.70 Å². The van der Waals surface area contributed by atoms with Gasteiger partial charge in [0.2, 0.25) is 0 Å². The lowest BCUT2D eigenvalue weighted by atomic mass is 10.1. The van der Waals surface area contributed by atoms with Gasteiger partial charge in [-0.15, -0.1) is 0 Å². The van der Waals surface area contributed by atoms with Gasteiger partial charge >= 0.3 is 0 Å². The van der Waals surface area contributed by atoms with Gasteiger partial charge in [0.05, 0.1) is 6.04 Å². The average Bonchev–Trinajstić information content (AvgIpc) is 2.60. The van der Waals surface area contributed by atoms with E-state index >= 15 is 0 Å². The van der Waals surface area contributed by atoms with E-state index in [-0.39, 0.29) is 23.6 Å². The molecule has 0 heterocycles. The summed E-state index contributed by atoms with van der Waals surface area (Å²) in [4.78, 5) is 24.8. The van der Waals surface area contributed by atoms with Crippen molar-refractivity contribution in [3.63, 3.8) is 0 Å². The normalized spacial score (nSPS) is 11.3. The molecule has 0 aliphatic rings. The summed E-state index contributed by atoms with van der Waals surface area (Å²) in [7, 11) is 0. The number of carbonyl (C=O) groups excluding carboxylic acids is 2. The molecule has 4 nitrogen and oxygen atoms in total. The van der Waals surface area contributed by atoms with Crippen molar-refractivity contribution in [3.05, 3.63) is 83.1 Å². The fourth-order valence-electron chi connectivity index (χ4n) is 2.28. The fourth-order valence-corrected chi connectivity index (χ4v) is 2.28. The number of amides is 2. The van der Waals surface area contributed by atoms with E-state index in [0.717, 1.165) is 11.1 Å². The van der Waals surface area contributed by atoms with Crippen LogP contribution in [0.15, 0.2) is 71.9 Å². The highest BCUT2D eigenvalue weighted by Gasteiger charge is 2.18. The summed E-state index contributed by atoms with van der Waals surface area (Å²) in [5, 5.41) is 5.64. The number of benzene rings is 2. The van der Waals surface area contributed by atoms with Crippen LogP contribution in [0.5, 0.6) is 0 Å². The average molecular weight is 322 g/mol. The first kappa shape index (κ1) is 17.5. The molecule has 0 saturated heterocycles. The van der Waals surface area contributed by atoms with E-state index in [4.69, 9.17) is 0 Å². The van der Waals surface area contributed by atoms with Crippen LogP contribution < -0.4 is 10.6 Å². The van der Waals surface area contributed by atoms with Crippen molar-refractivity contribution in [1.82, 2.24) is 10.6 Å². The Balaban J connectivity index is 2.09. The predicted octanol–water partition coefficient (Wildman–Crippen LogP) is 3.59. The Labute approximate surface area is 142 Å². The molecule has 2 N–H and O–H groups in total. The summed E-state index contributed by atoms with van der Waals surface area (Å²) in [6, 6.07) is 18.4. The highest BCUT2D eigenvalue weighted by Crippen LogP contribution is 2.13. The van der Waals surface area contributed by atoms with Crippen LogP contribution in [0.3, 0.4) is 0 Å². The zero-order chi connectivity index (χ0) is 17.5. The Bertz CT molecular complexity index is 733. The molecule has 0 aliphatic heterocycles. The van der Waals surface area contributed by atoms with Gasteiger partial charge in [0.25, 0.3) is 11.8 Å². The number of carbonyl (C=O) groups is 2. The Kier molecular flexibility index (Phi) is 5.90. The molecule has 24 heavy (non-hydrogen) atoms. The minimum Gasteiger partial charge on any atom is -0.344 e. The van der Waals surface area contributed by atoms with Crippen LogP contribution in [-0.4, -0.2) is 11.8 Å². The molecule has 0 aliphatic carbocycles. The molecule has 1 atom stereocenters. The van der Waals surface area contributed by atoms with Crippen LogP contribution in [-0.2, 0) is 4.79 Å². The molecule has 2 aromatic rings. The first-order valence-corrected chi connectivity index (χ1v) is 7.88. The van der Waals surface area contributed by atoms with Gasteiger partial charge in [-0.2, -0.15) is 0 Å². The third-order valence-electron chi connectivity index (χ3n) is 3.65. The number of hydrogen-bond donors (Lipinski definition) is 2. The Hall–Kier alpha value is -2.88. The van der Waals surface area contributed by atoms with E-state index in [1.165, 1.54) is 0 Å². The monoisotopic (exact) mass is 322 g/mol.